The molecule has 5 heteroatoms. The highest BCUT2D eigenvalue weighted by atomic mass is 32.2. The highest BCUT2D eigenvalue weighted by Gasteiger charge is 2.24. The van der Waals surface area contributed by atoms with E-state index in [9.17, 15) is 8.42 Å². The van der Waals surface area contributed by atoms with E-state index in [1.54, 1.807) is 0 Å². The van der Waals surface area contributed by atoms with E-state index in [1.807, 2.05) is 7.05 Å². The third kappa shape index (κ3) is 5.27. The van der Waals surface area contributed by atoms with E-state index < -0.39 is 10.0 Å². The molecule has 2 unspecified atom stereocenters. The van der Waals surface area contributed by atoms with Crippen LogP contribution in [-0.2, 0) is 10.0 Å². The van der Waals surface area contributed by atoms with Crippen LogP contribution in [-0.4, -0.2) is 33.8 Å². The van der Waals surface area contributed by atoms with Crippen molar-refractivity contribution in [1.82, 2.24) is 10.0 Å². The van der Waals surface area contributed by atoms with Crippen LogP contribution in [0.25, 0.3) is 0 Å². The molecule has 0 heterocycles. The van der Waals surface area contributed by atoms with Crippen molar-refractivity contribution in [2.45, 2.75) is 45.1 Å². The Kier molecular flexibility index (Phi) is 5.72. The van der Waals surface area contributed by atoms with Crippen molar-refractivity contribution in [2.24, 2.45) is 5.92 Å². The Morgan fingerprint density at radius 1 is 1.25 bits per heavy atom. The van der Waals surface area contributed by atoms with Gasteiger partial charge in [-0.1, -0.05) is 6.92 Å². The molecule has 1 rings (SSSR count). The second kappa shape index (κ2) is 6.57. The van der Waals surface area contributed by atoms with E-state index >= 15 is 0 Å². The van der Waals surface area contributed by atoms with Crippen LogP contribution in [0, 0.1) is 5.92 Å². The van der Waals surface area contributed by atoms with Gasteiger partial charge < -0.3 is 5.32 Å². The zero-order chi connectivity index (χ0) is 12.0. The molecule has 0 saturated heterocycles. The van der Waals surface area contributed by atoms with Crippen LogP contribution in [0.1, 0.15) is 39.0 Å². The SMILES string of the molecule is CNCCCCS(=O)(=O)NC1CCC(C)C1. The van der Waals surface area contributed by atoms with Crippen LogP contribution >= 0.6 is 0 Å². The molecule has 0 bridgehead atoms. The number of nitrogens with one attached hydrogen (secondary N) is 2. The van der Waals surface area contributed by atoms with Gasteiger partial charge in [-0.25, -0.2) is 13.1 Å². The van der Waals surface area contributed by atoms with E-state index in [2.05, 4.69) is 17.0 Å². The maximum atomic E-state index is 11.7. The Bertz CT molecular complexity index is 290. The first kappa shape index (κ1) is 13.9. The van der Waals surface area contributed by atoms with Gasteiger partial charge in [-0.2, -0.15) is 0 Å². The zero-order valence-corrected chi connectivity index (χ0v) is 11.1. The van der Waals surface area contributed by atoms with Crippen LogP contribution in [0.3, 0.4) is 0 Å². The fourth-order valence-electron chi connectivity index (χ4n) is 2.22. The lowest BCUT2D eigenvalue weighted by molar-refractivity contribution is 0.535. The maximum Gasteiger partial charge on any atom is 0.211 e. The van der Waals surface area contributed by atoms with Gasteiger partial charge in [-0.15, -0.1) is 0 Å². The van der Waals surface area contributed by atoms with Crippen molar-refractivity contribution in [3.63, 3.8) is 0 Å². The van der Waals surface area contributed by atoms with Gasteiger partial charge in [0.2, 0.25) is 10.0 Å². The highest BCUT2D eigenvalue weighted by Crippen LogP contribution is 2.25. The molecule has 2 atom stereocenters. The average molecular weight is 248 g/mol. The van der Waals surface area contributed by atoms with E-state index in [1.165, 1.54) is 0 Å². The van der Waals surface area contributed by atoms with E-state index in [-0.39, 0.29) is 11.8 Å². The first-order valence-electron chi connectivity index (χ1n) is 6.18. The van der Waals surface area contributed by atoms with Crippen molar-refractivity contribution in [2.75, 3.05) is 19.3 Å². The molecule has 2 N–H and O–H groups in total. The quantitative estimate of drug-likeness (QED) is 0.663. The lowest BCUT2D eigenvalue weighted by Crippen LogP contribution is -2.34. The summed E-state index contributed by atoms with van der Waals surface area (Å²) in [7, 11) is -1.17. The summed E-state index contributed by atoms with van der Waals surface area (Å²) in [5, 5.41) is 3.02. The minimum absolute atomic E-state index is 0.185. The van der Waals surface area contributed by atoms with Gasteiger partial charge in [-0.3, -0.25) is 0 Å². The largest absolute Gasteiger partial charge is 0.320 e. The minimum Gasteiger partial charge on any atom is -0.320 e. The molecular weight excluding hydrogens is 224 g/mol. The summed E-state index contributed by atoms with van der Waals surface area (Å²) in [4.78, 5) is 0. The van der Waals surface area contributed by atoms with Gasteiger partial charge in [0.25, 0.3) is 0 Å². The fourth-order valence-corrected chi connectivity index (χ4v) is 3.64. The van der Waals surface area contributed by atoms with Gasteiger partial charge in [0, 0.05) is 6.04 Å². The normalized spacial score (nSPS) is 26.1. The number of unbranched alkanes of at least 4 members (excludes halogenated alkanes) is 1. The molecule has 16 heavy (non-hydrogen) atoms. The van der Waals surface area contributed by atoms with Crippen LogP contribution in [0.2, 0.25) is 0 Å². The fraction of sp³-hybridized carbons (Fsp3) is 1.00. The summed E-state index contributed by atoms with van der Waals surface area (Å²) in [6.07, 6.45) is 4.79. The van der Waals surface area contributed by atoms with Gasteiger partial charge >= 0.3 is 0 Å². The third-order valence-corrected chi connectivity index (χ3v) is 4.65. The van der Waals surface area contributed by atoms with E-state index in [4.69, 9.17) is 0 Å². The van der Waals surface area contributed by atoms with Crippen LogP contribution in [0.4, 0.5) is 0 Å². The lowest BCUT2D eigenvalue weighted by atomic mass is 10.1. The molecule has 1 aliphatic rings. The molecule has 1 aliphatic carbocycles. The average Bonchev–Trinajstić information content (AvgIpc) is 2.58. The summed E-state index contributed by atoms with van der Waals surface area (Å²) in [5.41, 5.74) is 0. The Morgan fingerprint density at radius 3 is 2.56 bits per heavy atom. The summed E-state index contributed by atoms with van der Waals surface area (Å²) >= 11 is 0. The number of sulfonamides is 1. The molecular formula is C11H24N2O2S. The summed E-state index contributed by atoms with van der Waals surface area (Å²) in [5.74, 6) is 0.927. The smallest absolute Gasteiger partial charge is 0.211 e. The summed E-state index contributed by atoms with van der Waals surface area (Å²) in [6, 6.07) is 0.185. The summed E-state index contributed by atoms with van der Waals surface area (Å²) < 4.78 is 26.3. The Balaban J connectivity index is 2.23. The molecule has 1 saturated carbocycles. The first-order valence-corrected chi connectivity index (χ1v) is 7.83. The van der Waals surface area contributed by atoms with Crippen molar-refractivity contribution in [1.29, 1.82) is 0 Å². The molecule has 0 spiro atoms. The Hall–Kier alpha value is -0.130. The molecule has 96 valence electrons. The molecule has 0 aromatic rings. The second-order valence-electron chi connectivity index (χ2n) is 4.86. The molecule has 0 radical (unpaired) electrons. The number of rotatable bonds is 7. The lowest BCUT2D eigenvalue weighted by Gasteiger charge is -2.12. The Morgan fingerprint density at radius 2 is 2.00 bits per heavy atom. The first-order chi connectivity index (χ1) is 7.53. The van der Waals surface area contributed by atoms with Gasteiger partial charge in [0.15, 0.2) is 0 Å². The number of hydrogen-bond acceptors (Lipinski definition) is 3. The molecule has 0 aromatic heterocycles. The summed E-state index contributed by atoms with van der Waals surface area (Å²) in [6.45, 7) is 3.07. The molecule has 0 amide bonds. The Labute approximate surface area is 99.2 Å². The maximum absolute atomic E-state index is 11.7. The zero-order valence-electron chi connectivity index (χ0n) is 10.3. The molecule has 0 aliphatic heterocycles. The molecule has 4 nitrogen and oxygen atoms in total. The van der Waals surface area contributed by atoms with Crippen molar-refractivity contribution >= 4 is 10.0 Å². The van der Waals surface area contributed by atoms with Crippen LogP contribution < -0.4 is 10.0 Å². The third-order valence-electron chi connectivity index (χ3n) is 3.13. The standard InChI is InChI=1S/C11H24N2O2S/c1-10-5-6-11(9-10)13-16(14,15)8-4-3-7-12-2/h10-13H,3-9H2,1-2H3. The van der Waals surface area contributed by atoms with Crippen LogP contribution in [0.15, 0.2) is 0 Å². The monoisotopic (exact) mass is 248 g/mol. The predicted octanol–water partition coefficient (Wildman–Crippen LogP) is 1.09. The molecule has 1 fully saturated rings. The molecule has 0 aromatic carbocycles. The van der Waals surface area contributed by atoms with Gasteiger partial charge in [0.05, 0.1) is 5.75 Å². The van der Waals surface area contributed by atoms with E-state index in [0.717, 1.165) is 38.6 Å². The minimum atomic E-state index is -3.05. The van der Waals surface area contributed by atoms with Gasteiger partial charge in [-0.05, 0) is 51.6 Å². The predicted molar refractivity (Wildman–Crippen MR) is 66.9 cm³/mol. The van der Waals surface area contributed by atoms with Crippen molar-refractivity contribution < 1.29 is 8.42 Å². The second-order valence-corrected chi connectivity index (χ2v) is 6.74. The highest BCUT2D eigenvalue weighted by molar-refractivity contribution is 7.89. The van der Waals surface area contributed by atoms with Crippen molar-refractivity contribution in [3.8, 4) is 0 Å². The van der Waals surface area contributed by atoms with Crippen molar-refractivity contribution in [3.05, 3.63) is 0 Å². The topological polar surface area (TPSA) is 58.2 Å². The van der Waals surface area contributed by atoms with Crippen LogP contribution in [0.5, 0.6) is 0 Å². The van der Waals surface area contributed by atoms with Gasteiger partial charge in [0.1, 0.15) is 0 Å². The van der Waals surface area contributed by atoms with E-state index in [0.29, 0.717) is 5.92 Å². The number of hydrogen-bond donors (Lipinski definition) is 2.